The quantitative estimate of drug-likeness (QED) is 0.718. The molecule has 2 N–H and O–H groups in total. The lowest BCUT2D eigenvalue weighted by Gasteiger charge is -2.18. The van der Waals surface area contributed by atoms with Crippen LogP contribution in [0.2, 0.25) is 0 Å². The first kappa shape index (κ1) is 18.7. The maximum absolute atomic E-state index is 12.0. The van der Waals surface area contributed by atoms with E-state index in [4.69, 9.17) is 0 Å². The van der Waals surface area contributed by atoms with Crippen LogP contribution >= 0.6 is 0 Å². The number of benzene rings is 1. The molecular weight excluding hydrogens is 318 g/mol. The molecule has 0 unspecified atom stereocenters. The number of rotatable bonds is 8. The Bertz CT molecular complexity index is 794. The second-order valence-electron chi connectivity index (χ2n) is 5.91. The summed E-state index contributed by atoms with van der Waals surface area (Å²) in [7, 11) is 0. The number of aromatic amines is 1. The molecule has 0 bridgehead atoms. The van der Waals surface area contributed by atoms with Gasteiger partial charge in [-0.2, -0.15) is 0 Å². The monoisotopic (exact) mass is 343 g/mol. The van der Waals surface area contributed by atoms with Gasteiger partial charge in [0.2, 0.25) is 11.8 Å². The van der Waals surface area contributed by atoms with Gasteiger partial charge in [0.05, 0.1) is 6.42 Å². The third-order valence-corrected chi connectivity index (χ3v) is 4.17. The average Bonchev–Trinajstić information content (AvgIpc) is 2.60. The van der Waals surface area contributed by atoms with Crippen molar-refractivity contribution in [2.75, 3.05) is 19.6 Å². The van der Waals surface area contributed by atoms with E-state index < -0.39 is 0 Å². The van der Waals surface area contributed by atoms with E-state index in [2.05, 4.69) is 10.3 Å². The van der Waals surface area contributed by atoms with Crippen molar-refractivity contribution in [3.8, 4) is 0 Å². The van der Waals surface area contributed by atoms with E-state index in [1.807, 2.05) is 38.1 Å². The molecule has 0 saturated carbocycles. The van der Waals surface area contributed by atoms with Crippen molar-refractivity contribution >= 4 is 22.6 Å². The number of H-pyrrole nitrogens is 1. The second kappa shape index (κ2) is 9.01. The van der Waals surface area contributed by atoms with Gasteiger partial charge < -0.3 is 15.2 Å². The lowest BCUT2D eigenvalue weighted by atomic mass is 10.1. The number of carbonyl (C=O) groups excluding carboxylic acids is 2. The molecule has 0 spiro atoms. The van der Waals surface area contributed by atoms with Gasteiger partial charge in [0, 0.05) is 37.1 Å². The summed E-state index contributed by atoms with van der Waals surface area (Å²) < 4.78 is 0. The number of pyridine rings is 1. The van der Waals surface area contributed by atoms with E-state index in [-0.39, 0.29) is 23.8 Å². The van der Waals surface area contributed by atoms with Crippen molar-refractivity contribution in [1.29, 1.82) is 0 Å². The highest BCUT2D eigenvalue weighted by Gasteiger charge is 2.10. The van der Waals surface area contributed by atoms with Crippen LogP contribution in [0.1, 0.15) is 32.4 Å². The number of aromatic nitrogens is 1. The predicted octanol–water partition coefficient (Wildman–Crippen LogP) is 1.84. The molecule has 134 valence electrons. The number of nitrogens with zero attached hydrogens (tertiary/aromatic N) is 1. The molecule has 2 amide bonds. The van der Waals surface area contributed by atoms with Crippen LogP contribution in [0.3, 0.4) is 0 Å². The minimum Gasteiger partial charge on any atom is -0.356 e. The normalized spacial score (nSPS) is 10.6. The predicted molar refractivity (Wildman–Crippen MR) is 98.4 cm³/mol. The van der Waals surface area contributed by atoms with Gasteiger partial charge in [-0.15, -0.1) is 0 Å². The fourth-order valence-electron chi connectivity index (χ4n) is 2.80. The van der Waals surface area contributed by atoms with Gasteiger partial charge in [0.15, 0.2) is 0 Å². The van der Waals surface area contributed by atoms with Crippen molar-refractivity contribution in [1.82, 2.24) is 15.2 Å². The van der Waals surface area contributed by atoms with Gasteiger partial charge in [0.25, 0.3) is 5.56 Å². The summed E-state index contributed by atoms with van der Waals surface area (Å²) in [5.74, 6) is -0.0562. The fourth-order valence-corrected chi connectivity index (χ4v) is 2.80. The highest BCUT2D eigenvalue weighted by molar-refractivity contribution is 5.84. The van der Waals surface area contributed by atoms with Crippen LogP contribution in [0.25, 0.3) is 10.8 Å². The van der Waals surface area contributed by atoms with Gasteiger partial charge in [0.1, 0.15) is 0 Å². The highest BCUT2D eigenvalue weighted by atomic mass is 16.2. The molecule has 0 atom stereocenters. The molecule has 2 rings (SSSR count). The van der Waals surface area contributed by atoms with Crippen molar-refractivity contribution in [2.45, 2.75) is 33.1 Å². The molecule has 0 aliphatic rings. The molecule has 1 heterocycles. The van der Waals surface area contributed by atoms with E-state index in [0.29, 0.717) is 43.6 Å². The largest absolute Gasteiger partial charge is 0.356 e. The number of fused-ring (bicyclic) bond motifs is 1. The minimum absolute atomic E-state index is 0.109. The van der Waals surface area contributed by atoms with E-state index in [1.54, 1.807) is 11.0 Å². The van der Waals surface area contributed by atoms with Gasteiger partial charge in [-0.25, -0.2) is 0 Å². The topological polar surface area (TPSA) is 82.3 Å². The number of nitrogens with one attached hydrogen (secondary N) is 2. The van der Waals surface area contributed by atoms with E-state index in [9.17, 15) is 14.4 Å². The van der Waals surface area contributed by atoms with E-state index in [0.717, 1.165) is 5.39 Å². The zero-order valence-corrected chi connectivity index (χ0v) is 14.8. The molecule has 6 nitrogen and oxygen atoms in total. The van der Waals surface area contributed by atoms with Crippen LogP contribution in [-0.4, -0.2) is 41.3 Å². The van der Waals surface area contributed by atoms with Crippen molar-refractivity contribution < 1.29 is 9.59 Å². The summed E-state index contributed by atoms with van der Waals surface area (Å²) >= 11 is 0. The molecular formula is C19H25N3O3. The Hall–Kier alpha value is -2.63. The molecule has 6 heteroatoms. The SMILES string of the molecule is CCN(CC)C(=O)CCCNC(=O)Cc1cc2ccccc2c(=O)[nH]1. The first-order valence-electron chi connectivity index (χ1n) is 8.70. The van der Waals surface area contributed by atoms with Gasteiger partial charge in [-0.3, -0.25) is 14.4 Å². The van der Waals surface area contributed by atoms with Crippen LogP contribution in [-0.2, 0) is 16.0 Å². The van der Waals surface area contributed by atoms with Crippen LogP contribution < -0.4 is 10.9 Å². The molecule has 0 radical (unpaired) electrons. The molecule has 1 aromatic heterocycles. The number of hydrogen-bond donors (Lipinski definition) is 2. The summed E-state index contributed by atoms with van der Waals surface area (Å²) in [5.41, 5.74) is 0.395. The lowest BCUT2D eigenvalue weighted by molar-refractivity contribution is -0.131. The third kappa shape index (κ3) is 5.17. The Morgan fingerprint density at radius 2 is 1.88 bits per heavy atom. The van der Waals surface area contributed by atoms with Crippen LogP contribution in [0.4, 0.5) is 0 Å². The summed E-state index contributed by atoms with van der Waals surface area (Å²) in [6, 6.07) is 9.10. The van der Waals surface area contributed by atoms with Crippen LogP contribution in [0.15, 0.2) is 35.1 Å². The molecule has 25 heavy (non-hydrogen) atoms. The zero-order chi connectivity index (χ0) is 18.2. The third-order valence-electron chi connectivity index (χ3n) is 4.17. The molecule has 0 saturated heterocycles. The van der Waals surface area contributed by atoms with Gasteiger partial charge >= 0.3 is 0 Å². The molecule has 0 fully saturated rings. The molecule has 0 aliphatic heterocycles. The Morgan fingerprint density at radius 1 is 1.16 bits per heavy atom. The van der Waals surface area contributed by atoms with Gasteiger partial charge in [-0.05, 0) is 37.8 Å². The first-order chi connectivity index (χ1) is 12.0. The van der Waals surface area contributed by atoms with Crippen LogP contribution in [0, 0.1) is 0 Å². The number of amides is 2. The summed E-state index contributed by atoms with van der Waals surface area (Å²) in [6.07, 6.45) is 1.15. The Balaban J connectivity index is 1.83. The first-order valence-corrected chi connectivity index (χ1v) is 8.70. The minimum atomic E-state index is -0.189. The maximum atomic E-state index is 12.0. The average molecular weight is 343 g/mol. The summed E-state index contributed by atoms with van der Waals surface area (Å²) in [6.45, 7) is 5.76. The smallest absolute Gasteiger partial charge is 0.256 e. The van der Waals surface area contributed by atoms with E-state index >= 15 is 0 Å². The highest BCUT2D eigenvalue weighted by Crippen LogP contribution is 2.10. The van der Waals surface area contributed by atoms with Crippen molar-refractivity contribution in [3.05, 3.63) is 46.4 Å². The van der Waals surface area contributed by atoms with E-state index in [1.165, 1.54) is 0 Å². The Morgan fingerprint density at radius 3 is 2.60 bits per heavy atom. The second-order valence-corrected chi connectivity index (χ2v) is 5.91. The number of carbonyl (C=O) groups is 2. The molecule has 0 aliphatic carbocycles. The Kier molecular flexibility index (Phi) is 6.74. The summed E-state index contributed by atoms with van der Waals surface area (Å²) in [5, 5.41) is 4.23. The zero-order valence-electron chi connectivity index (χ0n) is 14.8. The molecule has 2 aromatic rings. The standard InChI is InChI=1S/C19H25N3O3/c1-3-22(4-2)18(24)10-7-11-20-17(23)13-15-12-14-8-5-6-9-16(14)19(25)21-15/h5-6,8-9,12H,3-4,7,10-11,13H2,1-2H3,(H,20,23)(H,21,25). The van der Waals surface area contributed by atoms with Crippen molar-refractivity contribution in [2.24, 2.45) is 0 Å². The Labute approximate surface area is 147 Å². The van der Waals surface area contributed by atoms with Gasteiger partial charge in [-0.1, -0.05) is 18.2 Å². The van der Waals surface area contributed by atoms with Crippen molar-refractivity contribution in [3.63, 3.8) is 0 Å². The summed E-state index contributed by atoms with van der Waals surface area (Å²) in [4.78, 5) is 40.4. The number of hydrogen-bond acceptors (Lipinski definition) is 3. The maximum Gasteiger partial charge on any atom is 0.256 e. The lowest BCUT2D eigenvalue weighted by Crippen LogP contribution is -2.32. The van der Waals surface area contributed by atoms with Crippen LogP contribution in [0.5, 0.6) is 0 Å². The molecule has 1 aromatic carbocycles. The fraction of sp³-hybridized carbons (Fsp3) is 0.421.